The summed E-state index contributed by atoms with van der Waals surface area (Å²) in [5, 5.41) is 0. The average Bonchev–Trinajstić information content (AvgIpc) is 2.74. The molecule has 2 rings (SSSR count). The molecule has 1 unspecified atom stereocenters. The highest BCUT2D eigenvalue weighted by Crippen LogP contribution is 2.03. The fourth-order valence-corrected chi connectivity index (χ4v) is 2.58. The highest BCUT2D eigenvalue weighted by Gasteiger charge is 1.92. The molecule has 0 spiro atoms. The number of allylic oxidation sites excluding steroid dienone is 4. The molecule has 0 radical (unpaired) electrons. The maximum absolute atomic E-state index is 4.66. The van der Waals surface area contributed by atoms with Crippen molar-refractivity contribution in [3.63, 3.8) is 0 Å². The van der Waals surface area contributed by atoms with Crippen LogP contribution in [0.2, 0.25) is 0 Å². The van der Waals surface area contributed by atoms with Crippen LogP contribution in [0.25, 0.3) is 12.2 Å². The van der Waals surface area contributed by atoms with Gasteiger partial charge in [-0.2, -0.15) is 0 Å². The van der Waals surface area contributed by atoms with Gasteiger partial charge in [0.25, 0.3) is 0 Å². The quantitative estimate of drug-likeness (QED) is 0.335. The van der Waals surface area contributed by atoms with E-state index in [0.717, 1.165) is 11.4 Å². The van der Waals surface area contributed by atoms with Crippen LogP contribution in [0.3, 0.4) is 0 Å². The molecule has 0 saturated heterocycles. The monoisotopic (exact) mass is 382 g/mol. The van der Waals surface area contributed by atoms with Gasteiger partial charge in [-0.15, -0.1) is 0 Å². The first-order chi connectivity index (χ1) is 14.1. The van der Waals surface area contributed by atoms with E-state index in [2.05, 4.69) is 71.6 Å². The molecule has 0 N–H and O–H groups in total. The highest BCUT2D eigenvalue weighted by molar-refractivity contribution is 5.96. The van der Waals surface area contributed by atoms with E-state index >= 15 is 0 Å². The second-order valence-corrected chi connectivity index (χ2v) is 6.79. The van der Waals surface area contributed by atoms with E-state index < -0.39 is 0 Å². The number of nitrogens with zero attached hydrogens (tertiary/aromatic N) is 2. The van der Waals surface area contributed by atoms with Crippen molar-refractivity contribution in [3.05, 3.63) is 108 Å². The van der Waals surface area contributed by atoms with Crippen molar-refractivity contribution in [3.8, 4) is 0 Å². The summed E-state index contributed by atoms with van der Waals surface area (Å²) >= 11 is 0. The average molecular weight is 383 g/mol. The van der Waals surface area contributed by atoms with Gasteiger partial charge in [-0.25, -0.2) is 0 Å². The third kappa shape index (κ3) is 10.0. The maximum atomic E-state index is 4.66. The first kappa shape index (κ1) is 22.0. The van der Waals surface area contributed by atoms with Crippen LogP contribution in [0.5, 0.6) is 0 Å². The summed E-state index contributed by atoms with van der Waals surface area (Å²) in [6, 6.07) is 20.6. The molecule has 0 aliphatic heterocycles. The van der Waals surface area contributed by atoms with Crippen LogP contribution in [0, 0.1) is 0 Å². The Morgan fingerprint density at radius 1 is 0.793 bits per heavy atom. The Kier molecular flexibility index (Phi) is 9.88. The zero-order chi connectivity index (χ0) is 20.7. The molecule has 0 bridgehead atoms. The molecule has 2 aromatic carbocycles. The Balaban J connectivity index is 1.75. The van der Waals surface area contributed by atoms with E-state index in [9.17, 15) is 0 Å². The van der Waals surface area contributed by atoms with E-state index in [0.29, 0.717) is 6.54 Å². The Bertz CT molecular complexity index is 898. The first-order valence-corrected chi connectivity index (χ1v) is 9.98. The Morgan fingerprint density at radius 2 is 1.34 bits per heavy atom. The van der Waals surface area contributed by atoms with Gasteiger partial charge in [-0.05, 0) is 44.1 Å². The van der Waals surface area contributed by atoms with Crippen molar-refractivity contribution in [2.75, 3.05) is 6.54 Å². The summed E-state index contributed by atoms with van der Waals surface area (Å²) in [6.07, 6.45) is 16.5. The van der Waals surface area contributed by atoms with Gasteiger partial charge in [0.15, 0.2) is 0 Å². The number of benzene rings is 2. The van der Waals surface area contributed by atoms with Crippen molar-refractivity contribution in [1.82, 2.24) is 0 Å². The predicted molar refractivity (Wildman–Crippen MR) is 130 cm³/mol. The van der Waals surface area contributed by atoms with Crippen LogP contribution in [0.15, 0.2) is 107 Å². The zero-order valence-corrected chi connectivity index (χ0v) is 17.6. The number of aliphatic imine (C=N–C) groups is 2. The summed E-state index contributed by atoms with van der Waals surface area (Å²) in [5.74, 6) is 0. The maximum Gasteiger partial charge on any atom is 0.0657 e. The third-order valence-electron chi connectivity index (χ3n) is 4.12. The van der Waals surface area contributed by atoms with Crippen LogP contribution >= 0.6 is 0 Å². The Hall–Kier alpha value is -3.26. The normalized spacial score (nSPS) is 14.6. The van der Waals surface area contributed by atoms with Gasteiger partial charge >= 0.3 is 0 Å². The van der Waals surface area contributed by atoms with Crippen molar-refractivity contribution >= 4 is 23.6 Å². The topological polar surface area (TPSA) is 24.7 Å². The predicted octanol–water partition coefficient (Wildman–Crippen LogP) is 6.84. The minimum atomic E-state index is 0.138. The summed E-state index contributed by atoms with van der Waals surface area (Å²) in [5.41, 5.74) is 4.40. The van der Waals surface area contributed by atoms with E-state index in [4.69, 9.17) is 0 Å². The number of hydrogen-bond donors (Lipinski definition) is 0. The second kappa shape index (κ2) is 13.0. The molecule has 2 aromatic rings. The third-order valence-corrected chi connectivity index (χ3v) is 4.12. The van der Waals surface area contributed by atoms with Crippen molar-refractivity contribution in [1.29, 1.82) is 0 Å². The zero-order valence-electron chi connectivity index (χ0n) is 17.6. The fourth-order valence-electron chi connectivity index (χ4n) is 2.58. The molecule has 0 aliphatic carbocycles. The highest BCUT2D eigenvalue weighted by atomic mass is 14.8. The lowest BCUT2D eigenvalue weighted by atomic mass is 10.2. The van der Waals surface area contributed by atoms with Gasteiger partial charge in [-0.3, -0.25) is 9.98 Å². The second-order valence-electron chi connectivity index (χ2n) is 6.79. The smallest absolute Gasteiger partial charge is 0.0657 e. The molecule has 0 aliphatic rings. The summed E-state index contributed by atoms with van der Waals surface area (Å²) in [6.45, 7) is 6.80. The standard InChI is InChI=1S/C27H30N2/c1-23(18-20-26-14-8-4-9-15-26)28-22-12-6-7-13-24(2)29-25(3)19-21-27-16-10-5-11-17-27/h4-21,24H,22H2,1-3H3/b12-6-,13-7-,20-18+,21-19+,28-23-,29-25-. The van der Waals surface area contributed by atoms with E-state index in [1.807, 2.05) is 68.5 Å². The van der Waals surface area contributed by atoms with E-state index in [1.165, 1.54) is 11.1 Å². The molecule has 0 amide bonds. The molecule has 29 heavy (non-hydrogen) atoms. The molecular formula is C27H30N2. The lowest BCUT2D eigenvalue weighted by Crippen LogP contribution is -1.96. The minimum Gasteiger partial charge on any atom is -0.286 e. The van der Waals surface area contributed by atoms with E-state index in [-0.39, 0.29) is 6.04 Å². The molecule has 1 atom stereocenters. The Labute approximate surface area is 175 Å². The molecule has 0 saturated carbocycles. The fraction of sp³-hybridized carbons (Fsp3) is 0.185. The molecule has 0 heterocycles. The summed E-state index contributed by atoms with van der Waals surface area (Å²) < 4.78 is 0. The van der Waals surface area contributed by atoms with Crippen LogP contribution in [-0.2, 0) is 0 Å². The lowest BCUT2D eigenvalue weighted by molar-refractivity contribution is 0.926. The van der Waals surface area contributed by atoms with Crippen LogP contribution in [0.1, 0.15) is 31.9 Å². The van der Waals surface area contributed by atoms with Gasteiger partial charge < -0.3 is 0 Å². The SMILES string of the molecule is CC(/C=C/c1ccccc1)=N/C/C=C\C=C/C(C)/N=C(C)\C=C\c1ccccc1. The first-order valence-electron chi connectivity index (χ1n) is 9.98. The van der Waals surface area contributed by atoms with Crippen molar-refractivity contribution in [2.24, 2.45) is 9.98 Å². The minimum absolute atomic E-state index is 0.138. The van der Waals surface area contributed by atoms with Crippen LogP contribution in [-0.4, -0.2) is 24.0 Å². The molecular weight excluding hydrogens is 352 g/mol. The summed E-state index contributed by atoms with van der Waals surface area (Å²) in [4.78, 5) is 9.19. The molecule has 0 fully saturated rings. The van der Waals surface area contributed by atoms with Crippen LogP contribution in [0.4, 0.5) is 0 Å². The lowest BCUT2D eigenvalue weighted by Gasteiger charge is -2.00. The van der Waals surface area contributed by atoms with Crippen LogP contribution < -0.4 is 0 Å². The van der Waals surface area contributed by atoms with Gasteiger partial charge in [0, 0.05) is 11.4 Å². The van der Waals surface area contributed by atoms with Gasteiger partial charge in [0.2, 0.25) is 0 Å². The molecule has 2 heteroatoms. The van der Waals surface area contributed by atoms with E-state index in [1.54, 1.807) is 0 Å². The molecule has 148 valence electrons. The number of hydrogen-bond acceptors (Lipinski definition) is 2. The van der Waals surface area contributed by atoms with Gasteiger partial charge in [0.05, 0.1) is 12.6 Å². The van der Waals surface area contributed by atoms with Gasteiger partial charge in [-0.1, -0.05) is 97.1 Å². The van der Waals surface area contributed by atoms with Gasteiger partial charge in [0.1, 0.15) is 0 Å². The van der Waals surface area contributed by atoms with Crippen molar-refractivity contribution < 1.29 is 0 Å². The van der Waals surface area contributed by atoms with Crippen molar-refractivity contribution in [2.45, 2.75) is 26.8 Å². The number of rotatable bonds is 9. The molecule has 2 nitrogen and oxygen atoms in total. The largest absolute Gasteiger partial charge is 0.286 e. The molecule has 0 aromatic heterocycles. The Morgan fingerprint density at radius 3 is 1.93 bits per heavy atom. The summed E-state index contributed by atoms with van der Waals surface area (Å²) in [7, 11) is 0.